The van der Waals surface area contributed by atoms with Crippen LogP contribution in [0.1, 0.15) is 0 Å². The minimum Gasteiger partial charge on any atom is -0.373 e. The summed E-state index contributed by atoms with van der Waals surface area (Å²) in [7, 11) is 1.86. The molecule has 2 aromatic heterocycles. The van der Waals surface area contributed by atoms with E-state index < -0.39 is 0 Å². The van der Waals surface area contributed by atoms with Gasteiger partial charge in [0.2, 0.25) is 0 Å². The van der Waals surface area contributed by atoms with Crippen molar-refractivity contribution in [1.29, 1.82) is 0 Å². The van der Waals surface area contributed by atoms with Gasteiger partial charge in [0.05, 0.1) is 0 Å². The molecule has 2 rings (SSSR count). The summed E-state index contributed by atoms with van der Waals surface area (Å²) in [6.45, 7) is 0. The molecule has 0 aliphatic rings. The second-order valence-electron chi connectivity index (χ2n) is 2.36. The predicted octanol–water partition coefficient (Wildman–Crippen LogP) is 1.60. The minimum absolute atomic E-state index is 0.889. The van der Waals surface area contributed by atoms with E-state index in [0.717, 1.165) is 16.9 Å². The molecule has 56 valence electrons. The second kappa shape index (κ2) is 2.27. The van der Waals surface area contributed by atoms with Gasteiger partial charge in [-0.05, 0) is 18.2 Å². The minimum atomic E-state index is 0.889. The Morgan fingerprint density at radius 1 is 1.36 bits per heavy atom. The van der Waals surface area contributed by atoms with Crippen molar-refractivity contribution in [3.63, 3.8) is 0 Å². The molecule has 2 aromatic rings. The largest absolute Gasteiger partial charge is 0.373 e. The summed E-state index contributed by atoms with van der Waals surface area (Å²) in [5.74, 6) is 0.889. The highest BCUT2D eigenvalue weighted by Crippen LogP contribution is 2.11. The lowest BCUT2D eigenvalue weighted by molar-refractivity contribution is 1.29. The van der Waals surface area contributed by atoms with Crippen molar-refractivity contribution in [3.05, 3.63) is 24.4 Å². The molecule has 0 unspecified atom stereocenters. The number of nitrogens with zero attached hydrogens (tertiary/aromatic N) is 1. The van der Waals surface area contributed by atoms with E-state index >= 15 is 0 Å². The van der Waals surface area contributed by atoms with Crippen molar-refractivity contribution in [1.82, 2.24) is 9.97 Å². The molecule has 3 nitrogen and oxygen atoms in total. The molecule has 2 heterocycles. The summed E-state index contributed by atoms with van der Waals surface area (Å²) in [5, 5.41) is 4.12. The molecule has 2 N–H and O–H groups in total. The smallest absolute Gasteiger partial charge is 0.139 e. The van der Waals surface area contributed by atoms with Crippen LogP contribution in [-0.2, 0) is 0 Å². The van der Waals surface area contributed by atoms with Crippen LogP contribution in [0.15, 0.2) is 24.4 Å². The number of hydrogen-bond acceptors (Lipinski definition) is 2. The Balaban J connectivity index is 2.67. The molecule has 0 bridgehead atoms. The first-order valence-electron chi connectivity index (χ1n) is 3.52. The van der Waals surface area contributed by atoms with E-state index in [1.165, 1.54) is 0 Å². The average molecular weight is 147 g/mol. The fourth-order valence-electron chi connectivity index (χ4n) is 1.07. The molecule has 0 radical (unpaired) electrons. The number of rotatable bonds is 1. The lowest BCUT2D eigenvalue weighted by Gasteiger charge is -1.96. The van der Waals surface area contributed by atoms with Gasteiger partial charge >= 0.3 is 0 Å². The first kappa shape index (κ1) is 6.22. The van der Waals surface area contributed by atoms with E-state index in [4.69, 9.17) is 0 Å². The van der Waals surface area contributed by atoms with Crippen LogP contribution >= 0.6 is 0 Å². The molecule has 0 saturated carbocycles. The Labute approximate surface area is 64.5 Å². The third-order valence-electron chi connectivity index (χ3n) is 1.67. The first-order valence-corrected chi connectivity index (χ1v) is 3.52. The van der Waals surface area contributed by atoms with Crippen molar-refractivity contribution >= 4 is 16.9 Å². The Hall–Kier alpha value is -1.51. The summed E-state index contributed by atoms with van der Waals surface area (Å²) in [4.78, 5) is 7.33. The number of hydrogen-bond donors (Lipinski definition) is 2. The Morgan fingerprint density at radius 2 is 2.27 bits per heavy atom. The summed E-state index contributed by atoms with van der Waals surface area (Å²) < 4.78 is 0. The molecule has 0 fully saturated rings. The molecule has 0 saturated heterocycles. The van der Waals surface area contributed by atoms with Crippen molar-refractivity contribution in [2.45, 2.75) is 0 Å². The van der Waals surface area contributed by atoms with Crippen LogP contribution in [-0.4, -0.2) is 17.0 Å². The molecule has 0 aliphatic heterocycles. The van der Waals surface area contributed by atoms with Crippen LogP contribution in [0.4, 0.5) is 5.82 Å². The topological polar surface area (TPSA) is 40.7 Å². The molecule has 0 aliphatic carbocycles. The number of nitrogens with one attached hydrogen (secondary N) is 2. The van der Waals surface area contributed by atoms with Gasteiger partial charge in [0.25, 0.3) is 0 Å². The maximum absolute atomic E-state index is 4.29. The maximum atomic E-state index is 4.29. The highest BCUT2D eigenvalue weighted by atomic mass is 15.0. The molecule has 11 heavy (non-hydrogen) atoms. The van der Waals surface area contributed by atoms with Crippen molar-refractivity contribution in [3.8, 4) is 0 Å². The standard InChI is InChI=1S/C8H9N3/c1-9-7-3-2-6-4-5-10-8(6)11-7/h2-5H,1H3,(H2,9,10,11). The van der Waals surface area contributed by atoms with Gasteiger partial charge in [0.1, 0.15) is 11.5 Å². The monoisotopic (exact) mass is 147 g/mol. The van der Waals surface area contributed by atoms with Crippen molar-refractivity contribution < 1.29 is 0 Å². The van der Waals surface area contributed by atoms with Crippen LogP contribution in [0.5, 0.6) is 0 Å². The zero-order chi connectivity index (χ0) is 7.68. The third-order valence-corrected chi connectivity index (χ3v) is 1.67. The Bertz CT molecular complexity index is 364. The highest BCUT2D eigenvalue weighted by molar-refractivity contribution is 5.76. The van der Waals surface area contributed by atoms with Gasteiger partial charge < -0.3 is 10.3 Å². The number of aromatic amines is 1. The van der Waals surface area contributed by atoms with E-state index in [9.17, 15) is 0 Å². The van der Waals surface area contributed by atoms with Gasteiger partial charge in [-0.15, -0.1) is 0 Å². The van der Waals surface area contributed by atoms with E-state index in [0.29, 0.717) is 0 Å². The average Bonchev–Trinajstić information content (AvgIpc) is 2.50. The van der Waals surface area contributed by atoms with E-state index in [1.54, 1.807) is 0 Å². The number of pyridine rings is 1. The van der Waals surface area contributed by atoms with Crippen LogP contribution < -0.4 is 5.32 Å². The zero-order valence-corrected chi connectivity index (χ0v) is 6.26. The number of fused-ring (bicyclic) bond motifs is 1. The SMILES string of the molecule is CNc1ccc2cc[nH]c2n1. The molecular formula is C8H9N3. The van der Waals surface area contributed by atoms with E-state index in [-0.39, 0.29) is 0 Å². The predicted molar refractivity (Wildman–Crippen MR) is 45.6 cm³/mol. The highest BCUT2D eigenvalue weighted by Gasteiger charge is 1.94. The molecule has 0 spiro atoms. The lowest BCUT2D eigenvalue weighted by Crippen LogP contribution is -1.90. The summed E-state index contributed by atoms with van der Waals surface area (Å²) >= 11 is 0. The van der Waals surface area contributed by atoms with Crippen LogP contribution in [0.3, 0.4) is 0 Å². The number of H-pyrrole nitrogens is 1. The number of anilines is 1. The van der Waals surface area contributed by atoms with Gasteiger partial charge in [-0.2, -0.15) is 0 Å². The summed E-state index contributed by atoms with van der Waals surface area (Å²) in [6, 6.07) is 5.99. The van der Waals surface area contributed by atoms with Gasteiger partial charge in [0, 0.05) is 18.6 Å². The first-order chi connectivity index (χ1) is 5.40. The van der Waals surface area contributed by atoms with Gasteiger partial charge in [-0.25, -0.2) is 4.98 Å². The normalized spacial score (nSPS) is 10.3. The van der Waals surface area contributed by atoms with E-state index in [2.05, 4.69) is 15.3 Å². The van der Waals surface area contributed by atoms with Crippen LogP contribution in [0.2, 0.25) is 0 Å². The van der Waals surface area contributed by atoms with Gasteiger partial charge in [-0.3, -0.25) is 0 Å². The second-order valence-corrected chi connectivity index (χ2v) is 2.36. The van der Waals surface area contributed by atoms with Gasteiger partial charge in [0.15, 0.2) is 0 Å². The van der Waals surface area contributed by atoms with Crippen LogP contribution in [0, 0.1) is 0 Å². The lowest BCUT2D eigenvalue weighted by atomic mass is 10.3. The summed E-state index contributed by atoms with van der Waals surface area (Å²) in [5.41, 5.74) is 0.928. The van der Waals surface area contributed by atoms with Crippen molar-refractivity contribution in [2.24, 2.45) is 0 Å². The molecular weight excluding hydrogens is 138 g/mol. The maximum Gasteiger partial charge on any atom is 0.139 e. The molecule has 0 aromatic carbocycles. The fraction of sp³-hybridized carbons (Fsp3) is 0.125. The van der Waals surface area contributed by atoms with Crippen LogP contribution in [0.25, 0.3) is 11.0 Å². The molecule has 0 amide bonds. The van der Waals surface area contributed by atoms with E-state index in [1.807, 2.05) is 31.4 Å². The quantitative estimate of drug-likeness (QED) is 0.643. The van der Waals surface area contributed by atoms with Crippen molar-refractivity contribution in [2.75, 3.05) is 12.4 Å². The zero-order valence-electron chi connectivity index (χ0n) is 6.26. The summed E-state index contributed by atoms with van der Waals surface area (Å²) in [6.07, 6.45) is 1.89. The third kappa shape index (κ3) is 0.941. The Morgan fingerprint density at radius 3 is 3.09 bits per heavy atom. The van der Waals surface area contributed by atoms with Gasteiger partial charge in [-0.1, -0.05) is 0 Å². The Kier molecular flexibility index (Phi) is 1.28. The fourth-order valence-corrected chi connectivity index (χ4v) is 1.07. The number of aromatic nitrogens is 2. The molecule has 0 atom stereocenters. The molecule has 3 heteroatoms.